The first-order valence-corrected chi connectivity index (χ1v) is 6.47. The number of carbonyl (C=O) groups is 3. The number of carboxylic acid groups (broad SMARTS) is 1. The summed E-state index contributed by atoms with van der Waals surface area (Å²) in [6.45, 7) is 2.33. The second-order valence-corrected chi connectivity index (χ2v) is 5.24. The van der Waals surface area contributed by atoms with Crippen LogP contribution in [0.15, 0.2) is 0 Å². The minimum atomic E-state index is -0.830. The molecule has 0 unspecified atom stereocenters. The van der Waals surface area contributed by atoms with E-state index in [9.17, 15) is 14.4 Å². The summed E-state index contributed by atoms with van der Waals surface area (Å²) in [5.41, 5.74) is 0. The van der Waals surface area contributed by atoms with Gasteiger partial charge in [0.05, 0.1) is 6.42 Å². The van der Waals surface area contributed by atoms with Crippen LogP contribution < -0.4 is 0 Å². The Labute approximate surface area is 111 Å². The molecular formula is C12H19N3O4. The molecule has 2 rings (SSSR count). The Morgan fingerprint density at radius 1 is 1.26 bits per heavy atom. The van der Waals surface area contributed by atoms with Gasteiger partial charge in [-0.05, 0) is 6.42 Å². The molecule has 0 atom stereocenters. The Bertz CT molecular complexity index is 392. The minimum absolute atomic E-state index is 0.0477. The van der Waals surface area contributed by atoms with E-state index in [1.54, 1.807) is 21.7 Å². The van der Waals surface area contributed by atoms with Crippen molar-refractivity contribution in [3.8, 4) is 0 Å². The summed E-state index contributed by atoms with van der Waals surface area (Å²) in [5, 5.41) is 8.66. The van der Waals surface area contributed by atoms with E-state index in [0.717, 1.165) is 6.42 Å². The smallest absolute Gasteiger partial charge is 0.320 e. The third kappa shape index (κ3) is 3.15. The van der Waals surface area contributed by atoms with Crippen molar-refractivity contribution in [2.75, 3.05) is 39.8 Å². The van der Waals surface area contributed by atoms with Gasteiger partial charge in [0.25, 0.3) is 0 Å². The van der Waals surface area contributed by atoms with E-state index >= 15 is 0 Å². The fraction of sp³-hybridized carbons (Fsp3) is 0.750. The van der Waals surface area contributed by atoms with Gasteiger partial charge in [-0.25, -0.2) is 4.79 Å². The maximum Gasteiger partial charge on any atom is 0.320 e. The highest BCUT2D eigenvalue weighted by Gasteiger charge is 2.35. The van der Waals surface area contributed by atoms with Gasteiger partial charge in [0, 0.05) is 39.1 Å². The van der Waals surface area contributed by atoms with Crippen LogP contribution in [0.4, 0.5) is 4.79 Å². The molecular weight excluding hydrogens is 250 g/mol. The maximum atomic E-state index is 12.2. The molecule has 2 heterocycles. The Morgan fingerprint density at radius 3 is 2.58 bits per heavy atom. The lowest BCUT2D eigenvalue weighted by atomic mass is 9.97. The summed E-state index contributed by atoms with van der Waals surface area (Å²) >= 11 is 0. The van der Waals surface area contributed by atoms with Crippen LogP contribution in [-0.2, 0) is 9.59 Å². The first-order chi connectivity index (χ1) is 8.97. The molecule has 7 nitrogen and oxygen atoms in total. The van der Waals surface area contributed by atoms with Crippen molar-refractivity contribution in [1.82, 2.24) is 14.7 Å². The summed E-state index contributed by atoms with van der Waals surface area (Å²) in [7, 11) is 1.74. The van der Waals surface area contributed by atoms with Gasteiger partial charge >= 0.3 is 12.0 Å². The Kier molecular flexibility index (Phi) is 3.92. The van der Waals surface area contributed by atoms with Gasteiger partial charge in [-0.15, -0.1) is 0 Å². The molecule has 1 N–H and O–H groups in total. The number of hydrogen-bond acceptors (Lipinski definition) is 3. The van der Waals surface area contributed by atoms with Gasteiger partial charge in [0.2, 0.25) is 5.91 Å². The normalized spacial score (nSPS) is 21.1. The molecule has 7 heteroatoms. The van der Waals surface area contributed by atoms with Crippen molar-refractivity contribution >= 4 is 17.9 Å². The van der Waals surface area contributed by atoms with Crippen molar-refractivity contribution in [1.29, 1.82) is 0 Å². The number of likely N-dealkylation sites (N-methyl/N-ethyl adjacent to an activating group) is 1. The zero-order valence-electron chi connectivity index (χ0n) is 11.0. The zero-order valence-corrected chi connectivity index (χ0v) is 11.0. The third-order valence-corrected chi connectivity index (χ3v) is 3.63. The molecule has 19 heavy (non-hydrogen) atoms. The number of carboxylic acids is 1. The van der Waals surface area contributed by atoms with Crippen LogP contribution in [0.2, 0.25) is 0 Å². The topological polar surface area (TPSA) is 81.2 Å². The van der Waals surface area contributed by atoms with Crippen LogP contribution in [0.5, 0.6) is 0 Å². The number of rotatable bonds is 2. The molecule has 0 bridgehead atoms. The van der Waals surface area contributed by atoms with Crippen LogP contribution in [0, 0.1) is 5.92 Å². The van der Waals surface area contributed by atoms with Gasteiger partial charge in [0.15, 0.2) is 0 Å². The summed E-state index contributed by atoms with van der Waals surface area (Å²) in [5.74, 6) is -0.830. The molecule has 0 radical (unpaired) electrons. The lowest BCUT2D eigenvalue weighted by Gasteiger charge is -2.41. The quantitative estimate of drug-likeness (QED) is 0.744. The van der Waals surface area contributed by atoms with Gasteiger partial charge in [0.1, 0.15) is 6.54 Å². The number of urea groups is 1. The van der Waals surface area contributed by atoms with Crippen LogP contribution >= 0.6 is 0 Å². The van der Waals surface area contributed by atoms with Crippen molar-refractivity contribution in [2.45, 2.75) is 12.8 Å². The maximum absolute atomic E-state index is 12.2. The number of likely N-dealkylation sites (tertiary alicyclic amines) is 1. The number of carbonyl (C=O) groups excluding carboxylic acids is 2. The van der Waals surface area contributed by atoms with E-state index in [0.29, 0.717) is 26.2 Å². The molecule has 2 aliphatic heterocycles. The van der Waals surface area contributed by atoms with Crippen LogP contribution in [0.1, 0.15) is 12.8 Å². The van der Waals surface area contributed by atoms with E-state index < -0.39 is 5.97 Å². The van der Waals surface area contributed by atoms with E-state index in [1.807, 2.05) is 0 Å². The van der Waals surface area contributed by atoms with Crippen molar-refractivity contribution in [2.24, 2.45) is 5.92 Å². The molecule has 2 fully saturated rings. The van der Waals surface area contributed by atoms with Crippen LogP contribution in [0.25, 0.3) is 0 Å². The number of amides is 3. The van der Waals surface area contributed by atoms with Gasteiger partial charge < -0.3 is 19.8 Å². The van der Waals surface area contributed by atoms with Crippen LogP contribution in [-0.4, -0.2) is 77.5 Å². The standard InChI is InChI=1S/C12H19N3O4/c1-13-3-2-4-14(8-10(13)16)12(19)15-6-9(7-15)5-11(17)18/h9H,2-8H2,1H3,(H,17,18). The average Bonchev–Trinajstić information content (AvgIpc) is 2.45. The van der Waals surface area contributed by atoms with Crippen LogP contribution in [0.3, 0.4) is 0 Å². The summed E-state index contributed by atoms with van der Waals surface area (Å²) in [4.78, 5) is 39.2. The van der Waals surface area contributed by atoms with E-state index in [4.69, 9.17) is 5.11 Å². The molecule has 3 amide bonds. The highest BCUT2D eigenvalue weighted by molar-refractivity contribution is 5.84. The molecule has 0 saturated carbocycles. The first kappa shape index (κ1) is 13.6. The average molecular weight is 269 g/mol. The molecule has 2 saturated heterocycles. The predicted molar refractivity (Wildman–Crippen MR) is 66.5 cm³/mol. The summed E-state index contributed by atoms with van der Waals surface area (Å²) in [6.07, 6.45) is 0.881. The highest BCUT2D eigenvalue weighted by Crippen LogP contribution is 2.21. The Morgan fingerprint density at radius 2 is 1.95 bits per heavy atom. The Hall–Kier alpha value is -1.79. The van der Waals surface area contributed by atoms with Crippen molar-refractivity contribution in [3.63, 3.8) is 0 Å². The predicted octanol–water partition coefficient (Wildman–Crippen LogP) is -0.323. The first-order valence-electron chi connectivity index (χ1n) is 6.47. The second-order valence-electron chi connectivity index (χ2n) is 5.24. The fourth-order valence-corrected chi connectivity index (χ4v) is 2.45. The van der Waals surface area contributed by atoms with Gasteiger partial charge in [-0.3, -0.25) is 9.59 Å². The molecule has 0 aromatic rings. The third-order valence-electron chi connectivity index (χ3n) is 3.63. The second kappa shape index (κ2) is 5.46. The van der Waals surface area contributed by atoms with E-state index in [-0.39, 0.29) is 30.8 Å². The van der Waals surface area contributed by atoms with Crippen molar-refractivity contribution in [3.05, 3.63) is 0 Å². The van der Waals surface area contributed by atoms with Crippen molar-refractivity contribution < 1.29 is 19.5 Å². The highest BCUT2D eigenvalue weighted by atomic mass is 16.4. The largest absolute Gasteiger partial charge is 0.481 e. The monoisotopic (exact) mass is 269 g/mol. The molecule has 0 spiro atoms. The summed E-state index contributed by atoms with van der Waals surface area (Å²) < 4.78 is 0. The molecule has 0 aromatic carbocycles. The zero-order chi connectivity index (χ0) is 14.0. The number of nitrogens with zero attached hydrogens (tertiary/aromatic N) is 3. The number of aliphatic carboxylic acids is 1. The molecule has 2 aliphatic rings. The van der Waals surface area contributed by atoms with E-state index in [1.165, 1.54) is 0 Å². The molecule has 0 aromatic heterocycles. The lowest BCUT2D eigenvalue weighted by Crippen LogP contribution is -2.56. The number of hydrogen-bond donors (Lipinski definition) is 1. The lowest BCUT2D eigenvalue weighted by molar-refractivity contribution is -0.139. The van der Waals surface area contributed by atoms with Gasteiger partial charge in [-0.1, -0.05) is 0 Å². The Balaban J connectivity index is 1.84. The summed E-state index contributed by atoms with van der Waals surface area (Å²) in [6, 6.07) is -0.148. The van der Waals surface area contributed by atoms with Gasteiger partial charge in [-0.2, -0.15) is 0 Å². The molecule has 0 aliphatic carbocycles. The minimum Gasteiger partial charge on any atom is -0.481 e. The molecule has 106 valence electrons. The van der Waals surface area contributed by atoms with E-state index in [2.05, 4.69) is 0 Å². The fourth-order valence-electron chi connectivity index (χ4n) is 2.45. The SMILES string of the molecule is CN1CCCN(C(=O)N2CC(CC(=O)O)C2)CC1=O.